The number of ether oxygens (including phenoxy) is 3. The molecule has 0 bridgehead atoms. The average molecular weight is 316 g/mol. The SMILES string of the molecule is C=CC(=O)NCCCOCCOCCOCCCNC(C)=O. The van der Waals surface area contributed by atoms with Crippen LogP contribution in [-0.4, -0.2) is 64.5 Å². The second kappa shape index (κ2) is 15.9. The first kappa shape index (κ1) is 20.6. The van der Waals surface area contributed by atoms with Crippen molar-refractivity contribution in [3.63, 3.8) is 0 Å². The summed E-state index contributed by atoms with van der Waals surface area (Å²) in [4.78, 5) is 21.4. The number of nitrogens with one attached hydrogen (secondary N) is 2. The van der Waals surface area contributed by atoms with Crippen molar-refractivity contribution in [3.05, 3.63) is 12.7 Å². The van der Waals surface area contributed by atoms with E-state index in [9.17, 15) is 9.59 Å². The van der Waals surface area contributed by atoms with Crippen LogP contribution >= 0.6 is 0 Å². The van der Waals surface area contributed by atoms with Crippen molar-refractivity contribution >= 4 is 11.8 Å². The Labute approximate surface area is 132 Å². The van der Waals surface area contributed by atoms with Crippen LogP contribution in [0.15, 0.2) is 12.7 Å². The summed E-state index contributed by atoms with van der Waals surface area (Å²) in [6.07, 6.45) is 2.80. The standard InChI is InChI=1S/C15H28N2O5/c1-3-15(19)17-7-5-9-21-11-13-22-12-10-20-8-4-6-16-14(2)18/h3H,1,4-13H2,2H3,(H,16,18)(H,17,19). The van der Waals surface area contributed by atoms with Gasteiger partial charge in [-0.25, -0.2) is 0 Å². The Morgan fingerprint density at radius 3 is 1.77 bits per heavy atom. The predicted molar refractivity (Wildman–Crippen MR) is 83.6 cm³/mol. The van der Waals surface area contributed by atoms with E-state index in [2.05, 4.69) is 17.2 Å². The van der Waals surface area contributed by atoms with Gasteiger partial charge in [0.05, 0.1) is 26.4 Å². The molecule has 0 fully saturated rings. The molecule has 0 saturated heterocycles. The van der Waals surface area contributed by atoms with Crippen LogP contribution in [0.5, 0.6) is 0 Å². The van der Waals surface area contributed by atoms with Gasteiger partial charge in [0.1, 0.15) is 0 Å². The molecule has 0 aliphatic rings. The number of carbonyl (C=O) groups excluding carboxylic acids is 2. The molecule has 0 rings (SSSR count). The van der Waals surface area contributed by atoms with Crippen molar-refractivity contribution < 1.29 is 23.8 Å². The lowest BCUT2D eigenvalue weighted by Gasteiger charge is -2.07. The van der Waals surface area contributed by atoms with Gasteiger partial charge < -0.3 is 24.8 Å². The van der Waals surface area contributed by atoms with E-state index < -0.39 is 0 Å². The van der Waals surface area contributed by atoms with Crippen LogP contribution in [0, 0.1) is 0 Å². The molecule has 0 atom stereocenters. The molecule has 7 heteroatoms. The third-order valence-corrected chi connectivity index (χ3v) is 2.53. The van der Waals surface area contributed by atoms with Gasteiger partial charge in [0.15, 0.2) is 0 Å². The number of hydrogen-bond donors (Lipinski definition) is 2. The van der Waals surface area contributed by atoms with E-state index in [0.29, 0.717) is 52.7 Å². The molecule has 0 aromatic heterocycles. The minimum absolute atomic E-state index is 0.0218. The van der Waals surface area contributed by atoms with Gasteiger partial charge in [-0.3, -0.25) is 9.59 Å². The molecule has 0 saturated carbocycles. The Kier molecular flexibility index (Phi) is 14.9. The summed E-state index contributed by atoms with van der Waals surface area (Å²) in [7, 11) is 0. The first-order chi connectivity index (χ1) is 10.7. The van der Waals surface area contributed by atoms with Gasteiger partial charge in [0, 0.05) is 33.2 Å². The summed E-state index contributed by atoms with van der Waals surface area (Å²) in [5, 5.41) is 5.37. The highest BCUT2D eigenvalue weighted by Crippen LogP contribution is 1.85. The van der Waals surface area contributed by atoms with E-state index in [0.717, 1.165) is 12.8 Å². The Bertz CT molecular complexity index is 310. The fourth-order valence-corrected chi connectivity index (χ4v) is 1.44. The summed E-state index contributed by atoms with van der Waals surface area (Å²) in [6, 6.07) is 0. The molecule has 22 heavy (non-hydrogen) atoms. The lowest BCUT2D eigenvalue weighted by Crippen LogP contribution is -2.23. The molecule has 0 aliphatic heterocycles. The number of hydrogen-bond acceptors (Lipinski definition) is 5. The smallest absolute Gasteiger partial charge is 0.243 e. The highest BCUT2D eigenvalue weighted by atomic mass is 16.5. The summed E-state index contributed by atoms with van der Waals surface area (Å²) in [5.41, 5.74) is 0. The van der Waals surface area contributed by atoms with Gasteiger partial charge in [-0.2, -0.15) is 0 Å². The Hall–Kier alpha value is -1.44. The molecule has 7 nitrogen and oxygen atoms in total. The fraction of sp³-hybridized carbons (Fsp3) is 0.733. The molecule has 0 aliphatic carbocycles. The lowest BCUT2D eigenvalue weighted by molar-refractivity contribution is -0.119. The Morgan fingerprint density at radius 2 is 1.32 bits per heavy atom. The number of rotatable bonds is 15. The summed E-state index contributed by atoms with van der Waals surface area (Å²) >= 11 is 0. The maximum Gasteiger partial charge on any atom is 0.243 e. The van der Waals surface area contributed by atoms with Crippen LogP contribution in [0.25, 0.3) is 0 Å². The van der Waals surface area contributed by atoms with Gasteiger partial charge in [0.25, 0.3) is 0 Å². The number of carbonyl (C=O) groups is 2. The molecule has 2 N–H and O–H groups in total. The van der Waals surface area contributed by atoms with E-state index in [4.69, 9.17) is 14.2 Å². The molecule has 0 unspecified atom stereocenters. The van der Waals surface area contributed by atoms with Gasteiger partial charge >= 0.3 is 0 Å². The van der Waals surface area contributed by atoms with Crippen LogP contribution in [0.3, 0.4) is 0 Å². The third kappa shape index (κ3) is 16.6. The molecule has 0 aromatic carbocycles. The summed E-state index contributed by atoms with van der Waals surface area (Å²) < 4.78 is 16.0. The minimum atomic E-state index is -0.166. The summed E-state index contributed by atoms with van der Waals surface area (Å²) in [6.45, 7) is 9.38. The maximum absolute atomic E-state index is 10.8. The van der Waals surface area contributed by atoms with Crippen molar-refractivity contribution in [1.82, 2.24) is 10.6 Å². The van der Waals surface area contributed by atoms with E-state index in [1.54, 1.807) is 0 Å². The van der Waals surface area contributed by atoms with Crippen LogP contribution in [0.4, 0.5) is 0 Å². The van der Waals surface area contributed by atoms with Crippen LogP contribution in [-0.2, 0) is 23.8 Å². The zero-order chi connectivity index (χ0) is 16.5. The summed E-state index contributed by atoms with van der Waals surface area (Å²) in [5.74, 6) is -0.188. The average Bonchev–Trinajstić information content (AvgIpc) is 2.50. The zero-order valence-corrected chi connectivity index (χ0v) is 13.4. The van der Waals surface area contributed by atoms with E-state index in [1.807, 2.05) is 0 Å². The minimum Gasteiger partial charge on any atom is -0.379 e. The lowest BCUT2D eigenvalue weighted by atomic mass is 10.4. The largest absolute Gasteiger partial charge is 0.379 e. The zero-order valence-electron chi connectivity index (χ0n) is 13.4. The van der Waals surface area contributed by atoms with Crippen LogP contribution in [0.2, 0.25) is 0 Å². The normalized spacial score (nSPS) is 10.2. The highest BCUT2D eigenvalue weighted by Gasteiger charge is 1.95. The molecule has 0 aromatic rings. The first-order valence-electron chi connectivity index (χ1n) is 7.54. The molecule has 0 radical (unpaired) electrons. The highest BCUT2D eigenvalue weighted by molar-refractivity contribution is 5.86. The molecular weight excluding hydrogens is 288 g/mol. The molecule has 0 heterocycles. The van der Waals surface area contributed by atoms with Crippen molar-refractivity contribution in [3.8, 4) is 0 Å². The van der Waals surface area contributed by atoms with E-state index in [1.165, 1.54) is 13.0 Å². The predicted octanol–water partition coefficient (Wildman–Crippen LogP) is 0.255. The van der Waals surface area contributed by atoms with E-state index >= 15 is 0 Å². The van der Waals surface area contributed by atoms with Crippen LogP contribution in [0.1, 0.15) is 19.8 Å². The quantitative estimate of drug-likeness (QED) is 0.334. The number of amides is 2. The topological polar surface area (TPSA) is 85.9 Å². The van der Waals surface area contributed by atoms with Gasteiger partial charge in [-0.15, -0.1) is 0 Å². The van der Waals surface area contributed by atoms with Crippen molar-refractivity contribution in [2.24, 2.45) is 0 Å². The van der Waals surface area contributed by atoms with Crippen LogP contribution < -0.4 is 10.6 Å². The molecular formula is C15H28N2O5. The second-order valence-electron chi connectivity index (χ2n) is 4.52. The van der Waals surface area contributed by atoms with Crippen molar-refractivity contribution in [2.45, 2.75) is 19.8 Å². The van der Waals surface area contributed by atoms with Crippen molar-refractivity contribution in [2.75, 3.05) is 52.7 Å². The maximum atomic E-state index is 10.8. The Morgan fingerprint density at radius 1 is 0.864 bits per heavy atom. The molecule has 128 valence electrons. The monoisotopic (exact) mass is 316 g/mol. The van der Waals surface area contributed by atoms with Gasteiger partial charge in [0.2, 0.25) is 11.8 Å². The second-order valence-corrected chi connectivity index (χ2v) is 4.52. The first-order valence-corrected chi connectivity index (χ1v) is 7.54. The van der Waals surface area contributed by atoms with Gasteiger partial charge in [-0.05, 0) is 18.9 Å². The fourth-order valence-electron chi connectivity index (χ4n) is 1.44. The Balaban J connectivity index is 3.04. The third-order valence-electron chi connectivity index (χ3n) is 2.53. The molecule has 2 amide bonds. The van der Waals surface area contributed by atoms with Gasteiger partial charge in [-0.1, -0.05) is 6.58 Å². The molecule has 0 spiro atoms. The van der Waals surface area contributed by atoms with Crippen molar-refractivity contribution in [1.29, 1.82) is 0 Å². The van der Waals surface area contributed by atoms with E-state index in [-0.39, 0.29) is 11.8 Å².